The molecule has 0 aromatic carbocycles. The van der Waals surface area contributed by atoms with E-state index in [9.17, 15) is 9.59 Å². The largest absolute Gasteiger partial charge is 0.349 e. The monoisotopic (exact) mass is 263 g/mol. The molecule has 2 aromatic rings. The van der Waals surface area contributed by atoms with E-state index in [0.717, 1.165) is 25.7 Å². The highest BCUT2D eigenvalue weighted by Crippen LogP contribution is 2.17. The molecule has 0 aliphatic heterocycles. The van der Waals surface area contributed by atoms with Gasteiger partial charge in [-0.1, -0.05) is 12.8 Å². The van der Waals surface area contributed by atoms with Gasteiger partial charge in [-0.3, -0.25) is 14.0 Å². The second-order valence-corrected chi connectivity index (χ2v) is 5.36. The van der Waals surface area contributed by atoms with Crippen molar-refractivity contribution in [2.24, 2.45) is 0 Å². The minimum absolute atomic E-state index is 0.123. The third-order valence-electron chi connectivity index (χ3n) is 3.28. The molecule has 1 saturated carbocycles. The average Bonchev–Trinajstić information content (AvgIpc) is 2.99. The molecule has 0 atom stereocenters. The van der Waals surface area contributed by atoms with Crippen LogP contribution in [0.25, 0.3) is 4.96 Å². The second-order valence-electron chi connectivity index (χ2n) is 4.49. The van der Waals surface area contributed by atoms with Gasteiger partial charge in [-0.05, 0) is 12.8 Å². The maximum absolute atomic E-state index is 12.1. The summed E-state index contributed by atoms with van der Waals surface area (Å²) in [6, 6.07) is 0.208. The number of thiazole rings is 1. The minimum Gasteiger partial charge on any atom is -0.349 e. The number of carbonyl (C=O) groups excluding carboxylic acids is 1. The molecule has 5 nitrogen and oxygen atoms in total. The van der Waals surface area contributed by atoms with E-state index >= 15 is 0 Å². The lowest BCUT2D eigenvalue weighted by Gasteiger charge is -2.11. The fourth-order valence-electron chi connectivity index (χ4n) is 2.31. The topological polar surface area (TPSA) is 63.5 Å². The third-order valence-corrected chi connectivity index (χ3v) is 4.05. The van der Waals surface area contributed by atoms with Gasteiger partial charge < -0.3 is 5.32 Å². The molecule has 2 aromatic heterocycles. The highest BCUT2D eigenvalue weighted by molar-refractivity contribution is 7.15. The van der Waals surface area contributed by atoms with Crippen LogP contribution in [-0.2, 0) is 0 Å². The highest BCUT2D eigenvalue weighted by atomic mass is 32.1. The quantitative estimate of drug-likeness (QED) is 0.891. The number of hydrogen-bond donors (Lipinski definition) is 1. The fraction of sp³-hybridized carbons (Fsp3) is 0.417. The van der Waals surface area contributed by atoms with Crippen LogP contribution in [0, 0.1) is 0 Å². The second kappa shape index (κ2) is 4.53. The number of carbonyl (C=O) groups is 1. The molecule has 1 fully saturated rings. The van der Waals surface area contributed by atoms with Crippen molar-refractivity contribution >= 4 is 22.2 Å². The van der Waals surface area contributed by atoms with Gasteiger partial charge in [-0.2, -0.15) is 0 Å². The van der Waals surface area contributed by atoms with Crippen LogP contribution in [0.15, 0.2) is 22.6 Å². The van der Waals surface area contributed by atoms with Crippen LogP contribution in [0.2, 0.25) is 0 Å². The summed E-state index contributed by atoms with van der Waals surface area (Å²) in [5.41, 5.74) is -0.172. The number of nitrogens with one attached hydrogen (secondary N) is 1. The number of aromatic nitrogens is 2. The lowest BCUT2D eigenvalue weighted by atomic mass is 10.2. The van der Waals surface area contributed by atoms with Gasteiger partial charge in [0.2, 0.25) is 0 Å². The van der Waals surface area contributed by atoms with E-state index in [-0.39, 0.29) is 23.1 Å². The van der Waals surface area contributed by atoms with E-state index in [4.69, 9.17) is 0 Å². The van der Waals surface area contributed by atoms with E-state index in [2.05, 4.69) is 10.3 Å². The van der Waals surface area contributed by atoms with Gasteiger partial charge in [-0.25, -0.2) is 4.98 Å². The van der Waals surface area contributed by atoms with E-state index in [1.165, 1.54) is 21.9 Å². The van der Waals surface area contributed by atoms with Crippen LogP contribution in [0.1, 0.15) is 36.0 Å². The van der Waals surface area contributed by atoms with Gasteiger partial charge in [-0.15, -0.1) is 11.3 Å². The van der Waals surface area contributed by atoms with Crippen molar-refractivity contribution in [1.82, 2.24) is 14.7 Å². The molecular weight excluding hydrogens is 250 g/mol. The summed E-state index contributed by atoms with van der Waals surface area (Å²) < 4.78 is 1.41. The summed E-state index contributed by atoms with van der Waals surface area (Å²) in [4.78, 5) is 28.8. The number of rotatable bonds is 2. The van der Waals surface area contributed by atoms with Crippen molar-refractivity contribution in [3.8, 4) is 0 Å². The molecule has 6 heteroatoms. The number of hydrogen-bond acceptors (Lipinski definition) is 4. The lowest BCUT2D eigenvalue weighted by Crippen LogP contribution is -2.36. The number of amides is 1. The summed E-state index contributed by atoms with van der Waals surface area (Å²) >= 11 is 1.37. The zero-order chi connectivity index (χ0) is 12.5. The molecule has 18 heavy (non-hydrogen) atoms. The van der Waals surface area contributed by atoms with Gasteiger partial charge in [0.05, 0.1) is 0 Å². The molecule has 1 aliphatic rings. The predicted molar refractivity (Wildman–Crippen MR) is 69.1 cm³/mol. The highest BCUT2D eigenvalue weighted by Gasteiger charge is 2.20. The first-order valence-electron chi connectivity index (χ1n) is 6.01. The first-order chi connectivity index (χ1) is 8.75. The van der Waals surface area contributed by atoms with Crippen molar-refractivity contribution in [3.63, 3.8) is 0 Å². The third kappa shape index (κ3) is 1.92. The molecule has 3 rings (SSSR count). The zero-order valence-electron chi connectivity index (χ0n) is 9.76. The van der Waals surface area contributed by atoms with Crippen LogP contribution < -0.4 is 10.9 Å². The molecule has 0 unspecified atom stereocenters. The fourth-order valence-corrected chi connectivity index (χ4v) is 2.99. The SMILES string of the molecule is O=C(NC1CCCC1)c1cnc2sccn2c1=O. The molecule has 0 radical (unpaired) electrons. The lowest BCUT2D eigenvalue weighted by molar-refractivity contribution is 0.0936. The molecule has 1 amide bonds. The Morgan fingerprint density at radius 1 is 1.44 bits per heavy atom. The number of nitrogens with zero attached hydrogens (tertiary/aromatic N) is 2. The van der Waals surface area contributed by atoms with Crippen molar-refractivity contribution in [2.75, 3.05) is 0 Å². The Morgan fingerprint density at radius 2 is 2.22 bits per heavy atom. The standard InChI is InChI=1S/C12H13N3O2S/c16-10(14-8-3-1-2-4-8)9-7-13-12-15(11(9)17)5-6-18-12/h5-8H,1-4H2,(H,14,16). The molecule has 0 saturated heterocycles. The normalized spacial score (nSPS) is 16.2. The zero-order valence-corrected chi connectivity index (χ0v) is 10.6. The maximum Gasteiger partial charge on any atom is 0.271 e. The maximum atomic E-state index is 12.1. The van der Waals surface area contributed by atoms with Gasteiger partial charge in [0.25, 0.3) is 11.5 Å². The van der Waals surface area contributed by atoms with E-state index in [1.807, 2.05) is 0 Å². The Balaban J connectivity index is 1.91. The summed E-state index contributed by atoms with van der Waals surface area (Å²) in [7, 11) is 0. The van der Waals surface area contributed by atoms with E-state index in [0.29, 0.717) is 4.96 Å². The smallest absolute Gasteiger partial charge is 0.271 e. The van der Waals surface area contributed by atoms with Crippen molar-refractivity contribution < 1.29 is 4.79 Å². The summed E-state index contributed by atoms with van der Waals surface area (Å²) in [5.74, 6) is -0.306. The summed E-state index contributed by atoms with van der Waals surface area (Å²) in [6.07, 6.45) is 7.31. The van der Waals surface area contributed by atoms with Gasteiger partial charge in [0, 0.05) is 23.8 Å². The molecule has 94 valence electrons. The molecule has 1 N–H and O–H groups in total. The Kier molecular flexibility index (Phi) is 2.87. The summed E-state index contributed by atoms with van der Waals surface area (Å²) in [6.45, 7) is 0. The Labute approximate surface area is 107 Å². The predicted octanol–water partition coefficient (Wildman–Crippen LogP) is 1.43. The van der Waals surface area contributed by atoms with Crippen LogP contribution in [0.3, 0.4) is 0 Å². The molecule has 2 heterocycles. The van der Waals surface area contributed by atoms with E-state index < -0.39 is 0 Å². The van der Waals surface area contributed by atoms with Gasteiger partial charge in [0.15, 0.2) is 4.96 Å². The minimum atomic E-state index is -0.306. The molecule has 1 aliphatic carbocycles. The van der Waals surface area contributed by atoms with Crippen molar-refractivity contribution in [1.29, 1.82) is 0 Å². The number of fused-ring (bicyclic) bond motifs is 1. The van der Waals surface area contributed by atoms with Gasteiger partial charge in [0.1, 0.15) is 5.56 Å². The van der Waals surface area contributed by atoms with Crippen molar-refractivity contribution in [3.05, 3.63) is 33.7 Å². The average molecular weight is 263 g/mol. The van der Waals surface area contributed by atoms with Crippen molar-refractivity contribution in [2.45, 2.75) is 31.7 Å². The van der Waals surface area contributed by atoms with E-state index in [1.54, 1.807) is 11.6 Å². The Hall–Kier alpha value is -1.69. The van der Waals surface area contributed by atoms with Crippen LogP contribution in [-0.4, -0.2) is 21.3 Å². The molecule has 0 bridgehead atoms. The first kappa shape index (κ1) is 11.4. The van der Waals surface area contributed by atoms with Crippen LogP contribution >= 0.6 is 11.3 Å². The van der Waals surface area contributed by atoms with Crippen LogP contribution in [0.5, 0.6) is 0 Å². The first-order valence-corrected chi connectivity index (χ1v) is 6.89. The molecule has 0 spiro atoms. The Morgan fingerprint density at radius 3 is 3.00 bits per heavy atom. The molecular formula is C12H13N3O2S. The summed E-state index contributed by atoms with van der Waals surface area (Å²) in [5, 5.41) is 4.68. The van der Waals surface area contributed by atoms with Gasteiger partial charge >= 0.3 is 0 Å². The Bertz CT molecular complexity index is 640. The van der Waals surface area contributed by atoms with Crippen LogP contribution in [0.4, 0.5) is 0 Å².